The Morgan fingerprint density at radius 1 is 1.08 bits per heavy atom. The zero-order valence-corrected chi connectivity index (χ0v) is 23.2. The quantitative estimate of drug-likeness (QED) is 0.267. The van der Waals surface area contributed by atoms with Crippen molar-refractivity contribution in [3.63, 3.8) is 0 Å². The Bertz CT molecular complexity index is 1440. The molecule has 208 valence electrons. The van der Waals surface area contributed by atoms with Crippen LogP contribution in [0.2, 0.25) is 0 Å². The van der Waals surface area contributed by atoms with Crippen LogP contribution in [0.15, 0.2) is 47.4 Å². The molecule has 5 rings (SSSR count). The molecule has 0 saturated carbocycles. The first-order valence-corrected chi connectivity index (χ1v) is 14.6. The minimum absolute atomic E-state index is 0.147. The van der Waals surface area contributed by atoms with Gasteiger partial charge in [-0.2, -0.15) is 9.97 Å². The number of methoxy groups -OCH3 is 1. The smallest absolute Gasteiger partial charge is 0.242 e. The van der Waals surface area contributed by atoms with Crippen LogP contribution in [-0.2, 0) is 16.4 Å². The third-order valence-corrected chi connectivity index (χ3v) is 8.47. The van der Waals surface area contributed by atoms with Crippen molar-refractivity contribution < 1.29 is 18.3 Å². The molecule has 2 aromatic carbocycles. The SMILES string of the molecule is COc1cc(N2CCC(O)CC2)ccc1Nc1nc2c(c(Nc3ccccc3S(=O)(=O)NC(C)C)n1)CCN2. The van der Waals surface area contributed by atoms with Crippen LogP contribution in [0, 0.1) is 0 Å². The van der Waals surface area contributed by atoms with Crippen LogP contribution in [-0.4, -0.2) is 62.4 Å². The monoisotopic (exact) mass is 553 g/mol. The normalized spacial score (nSPS) is 15.7. The van der Waals surface area contributed by atoms with E-state index in [2.05, 4.69) is 30.6 Å². The summed E-state index contributed by atoms with van der Waals surface area (Å²) in [6.07, 6.45) is 1.95. The van der Waals surface area contributed by atoms with Gasteiger partial charge in [-0.1, -0.05) is 12.1 Å². The van der Waals surface area contributed by atoms with Crippen molar-refractivity contribution >= 4 is 44.7 Å². The maximum atomic E-state index is 13.0. The first-order valence-electron chi connectivity index (χ1n) is 13.1. The Balaban J connectivity index is 1.44. The van der Waals surface area contributed by atoms with E-state index in [1.165, 1.54) is 0 Å². The predicted molar refractivity (Wildman–Crippen MR) is 153 cm³/mol. The fraction of sp³-hybridized carbons (Fsp3) is 0.407. The van der Waals surface area contributed by atoms with Crippen LogP contribution < -0.4 is 30.3 Å². The number of sulfonamides is 1. The van der Waals surface area contributed by atoms with Crippen molar-refractivity contribution in [3.05, 3.63) is 48.0 Å². The number of aliphatic hydroxyl groups excluding tert-OH is 1. The summed E-state index contributed by atoms with van der Waals surface area (Å²) in [6.45, 7) is 5.85. The van der Waals surface area contributed by atoms with Crippen LogP contribution in [0.3, 0.4) is 0 Å². The average Bonchev–Trinajstić information content (AvgIpc) is 3.38. The Labute approximate surface area is 229 Å². The van der Waals surface area contributed by atoms with Crippen molar-refractivity contribution in [2.75, 3.05) is 47.6 Å². The maximum absolute atomic E-state index is 13.0. The van der Waals surface area contributed by atoms with Gasteiger partial charge >= 0.3 is 0 Å². The molecule has 2 aliphatic heterocycles. The fourth-order valence-corrected chi connectivity index (χ4v) is 6.28. The second-order valence-corrected chi connectivity index (χ2v) is 11.7. The second-order valence-electron chi connectivity index (χ2n) is 10.0. The Morgan fingerprint density at radius 3 is 2.59 bits per heavy atom. The summed E-state index contributed by atoms with van der Waals surface area (Å²) in [5, 5.41) is 19.6. The number of fused-ring (bicyclic) bond motifs is 1. The maximum Gasteiger partial charge on any atom is 0.242 e. The number of ether oxygens (including phenoxy) is 1. The summed E-state index contributed by atoms with van der Waals surface area (Å²) < 4.78 is 34.3. The molecule has 1 saturated heterocycles. The molecule has 12 heteroatoms. The average molecular weight is 554 g/mol. The molecule has 0 radical (unpaired) electrons. The number of piperidine rings is 1. The predicted octanol–water partition coefficient (Wildman–Crippen LogP) is 3.59. The van der Waals surface area contributed by atoms with Gasteiger partial charge in [0.05, 0.1) is 24.6 Å². The van der Waals surface area contributed by atoms with Crippen LogP contribution in [0.4, 0.5) is 34.6 Å². The van der Waals surface area contributed by atoms with Gasteiger partial charge in [0.2, 0.25) is 16.0 Å². The molecule has 2 aliphatic rings. The molecule has 1 aromatic heterocycles. The Morgan fingerprint density at radius 2 is 1.85 bits per heavy atom. The second kappa shape index (κ2) is 11.2. The van der Waals surface area contributed by atoms with E-state index in [9.17, 15) is 13.5 Å². The van der Waals surface area contributed by atoms with Crippen molar-refractivity contribution in [2.24, 2.45) is 0 Å². The Hall–Kier alpha value is -3.61. The van der Waals surface area contributed by atoms with E-state index in [4.69, 9.17) is 9.72 Å². The molecule has 5 N–H and O–H groups in total. The highest BCUT2D eigenvalue weighted by Crippen LogP contribution is 2.36. The highest BCUT2D eigenvalue weighted by Gasteiger charge is 2.24. The molecule has 0 bridgehead atoms. The zero-order valence-electron chi connectivity index (χ0n) is 22.4. The van der Waals surface area contributed by atoms with E-state index in [1.807, 2.05) is 18.2 Å². The van der Waals surface area contributed by atoms with Gasteiger partial charge in [-0.3, -0.25) is 0 Å². The van der Waals surface area contributed by atoms with Gasteiger partial charge < -0.3 is 30.7 Å². The van der Waals surface area contributed by atoms with Crippen LogP contribution in [0.25, 0.3) is 0 Å². The largest absolute Gasteiger partial charge is 0.494 e. The fourth-order valence-electron chi connectivity index (χ4n) is 4.86. The number of nitrogens with one attached hydrogen (secondary N) is 4. The van der Waals surface area contributed by atoms with Crippen LogP contribution in [0.1, 0.15) is 32.3 Å². The Kier molecular flexibility index (Phi) is 7.78. The van der Waals surface area contributed by atoms with Gasteiger partial charge in [-0.15, -0.1) is 0 Å². The third-order valence-electron chi connectivity index (χ3n) is 6.76. The number of aromatic nitrogens is 2. The van der Waals surface area contributed by atoms with Crippen molar-refractivity contribution in [3.8, 4) is 5.75 Å². The van der Waals surface area contributed by atoms with Gasteiger partial charge in [0.25, 0.3) is 0 Å². The molecule has 0 unspecified atom stereocenters. The van der Waals surface area contributed by atoms with Gasteiger partial charge in [0.15, 0.2) is 0 Å². The molecule has 0 spiro atoms. The van der Waals surface area contributed by atoms with E-state index in [1.54, 1.807) is 45.2 Å². The lowest BCUT2D eigenvalue weighted by molar-refractivity contribution is 0.145. The van der Waals surface area contributed by atoms with E-state index < -0.39 is 10.0 Å². The summed E-state index contributed by atoms with van der Waals surface area (Å²) in [4.78, 5) is 11.8. The molecular weight excluding hydrogens is 518 g/mol. The standard InChI is InChI=1S/C27H35N7O4S/c1-17(2)33-39(36,37)24-7-5-4-6-22(24)29-26-20-10-13-28-25(20)31-27(32-26)30-21-9-8-18(16-23(21)38-3)34-14-11-19(35)12-15-34/h4-9,16-17,19,33,35H,10-15H2,1-3H3,(H3,28,29,30,31,32). The first kappa shape index (κ1) is 27.0. The van der Waals surface area contributed by atoms with Gasteiger partial charge in [-0.05, 0) is 57.4 Å². The lowest BCUT2D eigenvalue weighted by Gasteiger charge is -2.31. The number of hydrogen-bond donors (Lipinski definition) is 5. The molecule has 11 nitrogen and oxygen atoms in total. The highest BCUT2D eigenvalue weighted by atomic mass is 32.2. The minimum atomic E-state index is -3.73. The molecule has 39 heavy (non-hydrogen) atoms. The summed E-state index contributed by atoms with van der Waals surface area (Å²) in [6, 6.07) is 12.4. The van der Waals surface area contributed by atoms with E-state index in [0.717, 1.165) is 37.2 Å². The van der Waals surface area contributed by atoms with Gasteiger partial charge in [0.1, 0.15) is 22.3 Å². The summed E-state index contributed by atoms with van der Waals surface area (Å²) in [7, 11) is -2.11. The minimum Gasteiger partial charge on any atom is -0.494 e. The van der Waals surface area contributed by atoms with Crippen molar-refractivity contribution in [1.29, 1.82) is 0 Å². The topological polar surface area (TPSA) is 141 Å². The summed E-state index contributed by atoms with van der Waals surface area (Å²) in [5.74, 6) is 2.21. The van der Waals surface area contributed by atoms with E-state index >= 15 is 0 Å². The van der Waals surface area contributed by atoms with E-state index in [-0.39, 0.29) is 17.0 Å². The first-order chi connectivity index (χ1) is 18.7. The highest BCUT2D eigenvalue weighted by molar-refractivity contribution is 7.89. The molecule has 1 fully saturated rings. The lowest BCUT2D eigenvalue weighted by Crippen LogP contribution is -2.35. The number of aliphatic hydroxyl groups is 1. The van der Waals surface area contributed by atoms with Crippen LogP contribution >= 0.6 is 0 Å². The van der Waals surface area contributed by atoms with Crippen LogP contribution in [0.5, 0.6) is 5.75 Å². The number of nitrogens with zero attached hydrogens (tertiary/aromatic N) is 3. The third kappa shape index (κ3) is 6.02. The lowest BCUT2D eigenvalue weighted by atomic mass is 10.1. The number of anilines is 6. The summed E-state index contributed by atoms with van der Waals surface area (Å²) in [5.41, 5.74) is 3.04. The zero-order chi connectivity index (χ0) is 27.6. The molecule has 0 aliphatic carbocycles. The van der Waals surface area contributed by atoms with E-state index in [0.29, 0.717) is 47.7 Å². The van der Waals surface area contributed by atoms with Crippen molar-refractivity contribution in [1.82, 2.24) is 14.7 Å². The number of para-hydroxylation sites is 1. The van der Waals surface area contributed by atoms with Crippen molar-refractivity contribution in [2.45, 2.75) is 50.2 Å². The molecule has 0 atom stereocenters. The number of hydrogen-bond acceptors (Lipinski definition) is 10. The van der Waals surface area contributed by atoms with Gasteiger partial charge in [0, 0.05) is 43.0 Å². The number of benzene rings is 2. The molecule has 3 aromatic rings. The molecule has 3 heterocycles. The van der Waals surface area contributed by atoms with Gasteiger partial charge in [-0.25, -0.2) is 13.1 Å². The number of rotatable bonds is 9. The summed E-state index contributed by atoms with van der Waals surface area (Å²) >= 11 is 0. The molecular formula is C27H35N7O4S. The molecule has 0 amide bonds.